The molecule has 0 radical (unpaired) electrons. The first-order valence-corrected chi connectivity index (χ1v) is 5.13. The highest BCUT2D eigenvalue weighted by molar-refractivity contribution is 6.62. The van der Waals surface area contributed by atoms with E-state index in [1.54, 1.807) is 6.07 Å². The molecule has 1 heterocycles. The van der Waals surface area contributed by atoms with E-state index in [2.05, 4.69) is 4.98 Å². The molecule has 4 heteroatoms. The minimum atomic E-state index is -1.44. The SMILES string of the molecule is OB(O)c1cccc2[nH]c3ccccc3c12. The number of hydrogen-bond donors (Lipinski definition) is 3. The van der Waals surface area contributed by atoms with Crippen molar-refractivity contribution in [2.24, 2.45) is 0 Å². The van der Waals surface area contributed by atoms with Crippen LogP contribution in [0.1, 0.15) is 0 Å². The molecular weight excluding hydrogens is 201 g/mol. The predicted octanol–water partition coefficient (Wildman–Crippen LogP) is 1.00. The van der Waals surface area contributed by atoms with Gasteiger partial charge in [-0.3, -0.25) is 0 Å². The number of H-pyrrole nitrogens is 1. The fourth-order valence-corrected chi connectivity index (χ4v) is 2.15. The number of aromatic nitrogens is 1. The van der Waals surface area contributed by atoms with Gasteiger partial charge in [-0.2, -0.15) is 0 Å². The molecule has 1 aromatic heterocycles. The fraction of sp³-hybridized carbons (Fsp3) is 0. The molecule has 78 valence electrons. The Kier molecular flexibility index (Phi) is 1.99. The molecule has 3 aromatic rings. The second kappa shape index (κ2) is 3.37. The smallest absolute Gasteiger partial charge is 0.423 e. The number of fused-ring (bicyclic) bond motifs is 3. The van der Waals surface area contributed by atoms with Gasteiger partial charge >= 0.3 is 7.12 Å². The van der Waals surface area contributed by atoms with Gasteiger partial charge in [-0.05, 0) is 17.6 Å². The van der Waals surface area contributed by atoms with Gasteiger partial charge in [-0.25, -0.2) is 0 Å². The molecule has 0 bridgehead atoms. The van der Waals surface area contributed by atoms with Gasteiger partial charge in [0.2, 0.25) is 0 Å². The second-order valence-electron chi connectivity index (χ2n) is 3.81. The van der Waals surface area contributed by atoms with Crippen LogP contribution >= 0.6 is 0 Å². The Bertz CT molecular complexity index is 660. The molecule has 0 spiro atoms. The first-order chi connectivity index (χ1) is 7.77. The molecule has 3 rings (SSSR count). The Balaban J connectivity index is 2.53. The van der Waals surface area contributed by atoms with E-state index in [1.807, 2.05) is 36.4 Å². The highest BCUT2D eigenvalue weighted by atomic mass is 16.4. The molecule has 0 fully saturated rings. The van der Waals surface area contributed by atoms with Gasteiger partial charge in [0.25, 0.3) is 0 Å². The van der Waals surface area contributed by atoms with Crippen molar-refractivity contribution in [3.63, 3.8) is 0 Å². The maximum absolute atomic E-state index is 9.34. The Morgan fingerprint density at radius 3 is 2.44 bits per heavy atom. The summed E-state index contributed by atoms with van der Waals surface area (Å²) in [7, 11) is -1.44. The van der Waals surface area contributed by atoms with E-state index < -0.39 is 7.12 Å². The Hall–Kier alpha value is -1.78. The normalized spacial score (nSPS) is 11.1. The van der Waals surface area contributed by atoms with Gasteiger partial charge in [0, 0.05) is 21.8 Å². The fourth-order valence-electron chi connectivity index (χ4n) is 2.15. The van der Waals surface area contributed by atoms with Crippen molar-refractivity contribution in [2.75, 3.05) is 0 Å². The van der Waals surface area contributed by atoms with E-state index in [1.165, 1.54) is 0 Å². The molecule has 2 aromatic carbocycles. The van der Waals surface area contributed by atoms with Crippen LogP contribution in [-0.2, 0) is 0 Å². The summed E-state index contributed by atoms with van der Waals surface area (Å²) < 4.78 is 0. The highest BCUT2D eigenvalue weighted by Gasteiger charge is 2.17. The summed E-state index contributed by atoms with van der Waals surface area (Å²) in [6.07, 6.45) is 0. The number of rotatable bonds is 1. The van der Waals surface area contributed by atoms with E-state index in [0.29, 0.717) is 5.46 Å². The van der Waals surface area contributed by atoms with Gasteiger partial charge in [0.15, 0.2) is 0 Å². The molecule has 0 saturated carbocycles. The number of hydrogen-bond acceptors (Lipinski definition) is 2. The van der Waals surface area contributed by atoms with E-state index in [-0.39, 0.29) is 0 Å². The number of aromatic amines is 1. The molecular formula is C12H10BNO2. The maximum Gasteiger partial charge on any atom is 0.489 e. The largest absolute Gasteiger partial charge is 0.489 e. The molecule has 3 N–H and O–H groups in total. The zero-order chi connectivity index (χ0) is 11.1. The third-order valence-corrected chi connectivity index (χ3v) is 2.84. The molecule has 0 atom stereocenters. The summed E-state index contributed by atoms with van der Waals surface area (Å²) in [5.41, 5.74) is 2.47. The first kappa shape index (κ1) is 9.45. The molecule has 16 heavy (non-hydrogen) atoms. The standard InChI is InChI=1S/C12H10BNO2/c15-13(16)9-5-3-7-11-12(9)8-4-1-2-6-10(8)14-11/h1-7,14-16H. The van der Waals surface area contributed by atoms with E-state index >= 15 is 0 Å². The van der Waals surface area contributed by atoms with Crippen molar-refractivity contribution in [3.05, 3.63) is 42.5 Å². The van der Waals surface area contributed by atoms with Crippen LogP contribution in [0.2, 0.25) is 0 Å². The van der Waals surface area contributed by atoms with Crippen molar-refractivity contribution in [3.8, 4) is 0 Å². The summed E-state index contributed by atoms with van der Waals surface area (Å²) >= 11 is 0. The predicted molar refractivity (Wildman–Crippen MR) is 65.6 cm³/mol. The third kappa shape index (κ3) is 1.24. The molecule has 0 aliphatic rings. The van der Waals surface area contributed by atoms with Crippen molar-refractivity contribution in [1.82, 2.24) is 4.98 Å². The first-order valence-electron chi connectivity index (χ1n) is 5.13. The molecule has 0 amide bonds. The molecule has 0 saturated heterocycles. The van der Waals surface area contributed by atoms with Gasteiger partial charge in [0.1, 0.15) is 0 Å². The Labute approximate surface area is 92.5 Å². The van der Waals surface area contributed by atoms with E-state index in [0.717, 1.165) is 21.8 Å². The number of benzene rings is 2. The van der Waals surface area contributed by atoms with Gasteiger partial charge in [-0.1, -0.05) is 30.3 Å². The maximum atomic E-state index is 9.34. The zero-order valence-electron chi connectivity index (χ0n) is 8.51. The summed E-state index contributed by atoms with van der Waals surface area (Å²) in [6.45, 7) is 0. The summed E-state index contributed by atoms with van der Waals surface area (Å²) in [6, 6.07) is 13.3. The van der Waals surface area contributed by atoms with E-state index in [9.17, 15) is 10.0 Å². The molecule has 0 unspecified atom stereocenters. The summed E-state index contributed by atoms with van der Waals surface area (Å²) in [4.78, 5) is 3.25. The Morgan fingerprint density at radius 1 is 0.875 bits per heavy atom. The van der Waals surface area contributed by atoms with Gasteiger partial charge < -0.3 is 15.0 Å². The Morgan fingerprint density at radius 2 is 1.62 bits per heavy atom. The molecule has 0 aliphatic heterocycles. The second-order valence-corrected chi connectivity index (χ2v) is 3.81. The molecule has 0 aliphatic carbocycles. The average molecular weight is 211 g/mol. The lowest BCUT2D eigenvalue weighted by atomic mass is 9.77. The van der Waals surface area contributed by atoms with Crippen molar-refractivity contribution in [1.29, 1.82) is 0 Å². The van der Waals surface area contributed by atoms with Crippen LogP contribution < -0.4 is 5.46 Å². The van der Waals surface area contributed by atoms with E-state index in [4.69, 9.17) is 0 Å². The van der Waals surface area contributed by atoms with Crippen LogP contribution in [0.15, 0.2) is 42.5 Å². The minimum absolute atomic E-state index is 0.537. The van der Waals surface area contributed by atoms with Crippen LogP contribution in [0.5, 0.6) is 0 Å². The molecule has 3 nitrogen and oxygen atoms in total. The average Bonchev–Trinajstić information content (AvgIpc) is 2.66. The van der Waals surface area contributed by atoms with Gasteiger partial charge in [0.05, 0.1) is 0 Å². The minimum Gasteiger partial charge on any atom is -0.423 e. The van der Waals surface area contributed by atoms with Crippen molar-refractivity contribution < 1.29 is 10.0 Å². The monoisotopic (exact) mass is 211 g/mol. The quantitative estimate of drug-likeness (QED) is 0.526. The number of nitrogens with one attached hydrogen (secondary N) is 1. The number of para-hydroxylation sites is 1. The van der Waals surface area contributed by atoms with Crippen LogP contribution in [0.4, 0.5) is 0 Å². The lowest BCUT2D eigenvalue weighted by Gasteiger charge is -2.01. The van der Waals surface area contributed by atoms with Crippen LogP contribution in [-0.4, -0.2) is 22.2 Å². The lowest BCUT2D eigenvalue weighted by molar-refractivity contribution is 0.426. The van der Waals surface area contributed by atoms with Gasteiger partial charge in [-0.15, -0.1) is 0 Å². The van der Waals surface area contributed by atoms with Crippen LogP contribution in [0.3, 0.4) is 0 Å². The summed E-state index contributed by atoms with van der Waals surface area (Å²) in [5, 5.41) is 20.6. The van der Waals surface area contributed by atoms with Crippen LogP contribution in [0.25, 0.3) is 21.8 Å². The van der Waals surface area contributed by atoms with Crippen molar-refractivity contribution >= 4 is 34.4 Å². The topological polar surface area (TPSA) is 56.2 Å². The third-order valence-electron chi connectivity index (χ3n) is 2.84. The summed E-state index contributed by atoms with van der Waals surface area (Å²) in [5.74, 6) is 0. The zero-order valence-corrected chi connectivity index (χ0v) is 8.51. The van der Waals surface area contributed by atoms with Crippen LogP contribution in [0, 0.1) is 0 Å². The van der Waals surface area contributed by atoms with Crippen molar-refractivity contribution in [2.45, 2.75) is 0 Å². The lowest BCUT2D eigenvalue weighted by Crippen LogP contribution is -2.30. The highest BCUT2D eigenvalue weighted by Crippen LogP contribution is 2.23.